The van der Waals surface area contributed by atoms with Crippen LogP contribution in [0.5, 0.6) is 0 Å². The molecule has 1 atom stereocenters. The Balaban J connectivity index is 1.37. The molecule has 0 spiro atoms. The van der Waals surface area contributed by atoms with Crippen molar-refractivity contribution in [3.05, 3.63) is 77.6 Å². The molecule has 1 fully saturated rings. The monoisotopic (exact) mass is 502 g/mol. The molecule has 3 N–H and O–H groups in total. The SMILES string of the molecule is NCCCC[C@@H](C(=O)N1CCN(c2c(-c3ccccc3)cnc3[nH]ncc23)CC1)c1ccc(Cl)cc1. The lowest BCUT2D eigenvalue weighted by Crippen LogP contribution is -2.50. The summed E-state index contributed by atoms with van der Waals surface area (Å²) in [5.41, 5.74) is 10.8. The first-order valence-electron chi connectivity index (χ1n) is 12.5. The van der Waals surface area contributed by atoms with Crippen LogP contribution >= 0.6 is 11.6 Å². The van der Waals surface area contributed by atoms with Gasteiger partial charge in [-0.15, -0.1) is 0 Å². The van der Waals surface area contributed by atoms with E-state index in [1.807, 2.05) is 59.8 Å². The molecule has 2 aromatic carbocycles. The van der Waals surface area contributed by atoms with E-state index in [-0.39, 0.29) is 11.8 Å². The second kappa shape index (κ2) is 11.1. The van der Waals surface area contributed by atoms with Gasteiger partial charge in [-0.2, -0.15) is 5.10 Å². The molecule has 1 aliphatic heterocycles. The number of nitrogens with two attached hydrogens (primary N) is 1. The molecule has 0 aliphatic carbocycles. The Hall–Kier alpha value is -3.42. The summed E-state index contributed by atoms with van der Waals surface area (Å²) < 4.78 is 0. The minimum atomic E-state index is -0.179. The number of aromatic nitrogens is 3. The number of unbranched alkanes of at least 4 members (excludes halogenated alkanes) is 1. The number of fused-ring (bicyclic) bond motifs is 1. The van der Waals surface area contributed by atoms with Crippen molar-refractivity contribution in [2.45, 2.75) is 25.2 Å². The highest BCUT2D eigenvalue weighted by Crippen LogP contribution is 2.36. The molecular formula is C28H31ClN6O. The molecule has 1 amide bonds. The minimum Gasteiger partial charge on any atom is -0.367 e. The maximum absolute atomic E-state index is 13.7. The van der Waals surface area contributed by atoms with E-state index < -0.39 is 0 Å². The number of nitrogens with one attached hydrogen (secondary N) is 1. The summed E-state index contributed by atoms with van der Waals surface area (Å²) in [5, 5.41) is 8.91. The maximum Gasteiger partial charge on any atom is 0.230 e. The van der Waals surface area contributed by atoms with E-state index in [2.05, 4.69) is 32.2 Å². The molecule has 36 heavy (non-hydrogen) atoms. The molecule has 0 unspecified atom stereocenters. The zero-order valence-corrected chi connectivity index (χ0v) is 21.0. The van der Waals surface area contributed by atoms with Gasteiger partial charge in [0.1, 0.15) is 0 Å². The number of hydrogen-bond acceptors (Lipinski definition) is 5. The normalized spacial score (nSPS) is 14.8. The number of halogens is 1. The van der Waals surface area contributed by atoms with Crippen LogP contribution in [-0.2, 0) is 4.79 Å². The number of piperazine rings is 1. The molecular weight excluding hydrogens is 472 g/mol. The Kier molecular flexibility index (Phi) is 7.49. The first kappa shape index (κ1) is 24.3. The fourth-order valence-corrected chi connectivity index (χ4v) is 5.17. The fourth-order valence-electron chi connectivity index (χ4n) is 5.05. The third kappa shape index (κ3) is 5.08. The van der Waals surface area contributed by atoms with Crippen LogP contribution < -0.4 is 10.6 Å². The highest BCUT2D eigenvalue weighted by molar-refractivity contribution is 6.30. The number of H-pyrrole nitrogens is 1. The zero-order chi connectivity index (χ0) is 24.9. The van der Waals surface area contributed by atoms with Crippen LogP contribution in [0.1, 0.15) is 30.7 Å². The largest absolute Gasteiger partial charge is 0.367 e. The molecule has 3 heterocycles. The Morgan fingerprint density at radius 1 is 1.00 bits per heavy atom. The van der Waals surface area contributed by atoms with Gasteiger partial charge in [0.25, 0.3) is 0 Å². The van der Waals surface area contributed by atoms with Gasteiger partial charge in [0.15, 0.2) is 5.65 Å². The van der Waals surface area contributed by atoms with Crippen molar-refractivity contribution in [3.63, 3.8) is 0 Å². The van der Waals surface area contributed by atoms with Crippen molar-refractivity contribution < 1.29 is 4.79 Å². The molecule has 1 aliphatic rings. The predicted octanol–water partition coefficient (Wildman–Crippen LogP) is 4.84. The topological polar surface area (TPSA) is 91.1 Å². The Morgan fingerprint density at radius 3 is 2.47 bits per heavy atom. The zero-order valence-electron chi connectivity index (χ0n) is 20.2. The predicted molar refractivity (Wildman–Crippen MR) is 145 cm³/mol. The van der Waals surface area contributed by atoms with Crippen molar-refractivity contribution in [2.75, 3.05) is 37.6 Å². The average molecular weight is 503 g/mol. The maximum atomic E-state index is 13.7. The number of aromatic amines is 1. The van der Waals surface area contributed by atoms with Crippen LogP contribution in [0.25, 0.3) is 22.2 Å². The number of nitrogens with zero attached hydrogens (tertiary/aromatic N) is 4. The molecule has 1 saturated heterocycles. The Morgan fingerprint density at radius 2 is 1.75 bits per heavy atom. The van der Waals surface area contributed by atoms with E-state index in [1.165, 1.54) is 0 Å². The molecule has 7 nitrogen and oxygen atoms in total. The van der Waals surface area contributed by atoms with Crippen molar-refractivity contribution in [1.82, 2.24) is 20.1 Å². The standard InChI is InChI=1S/C28H31ClN6O/c29-22-11-9-21(10-12-22)23(8-4-5-13-30)28(36)35-16-14-34(15-17-35)26-24(20-6-2-1-3-7-20)18-31-27-25(26)19-32-33-27/h1-3,6-7,9-12,18-19,23H,4-5,8,13-17,30H2,(H,31,32,33)/t23-/m1/s1. The molecule has 0 bridgehead atoms. The van der Waals surface area contributed by atoms with E-state index in [1.54, 1.807) is 0 Å². The van der Waals surface area contributed by atoms with Gasteiger partial charge in [-0.1, -0.05) is 60.5 Å². The van der Waals surface area contributed by atoms with E-state index in [4.69, 9.17) is 17.3 Å². The third-order valence-electron chi connectivity index (χ3n) is 6.96. The van der Waals surface area contributed by atoms with E-state index in [0.717, 1.165) is 65.8 Å². The molecule has 5 rings (SSSR count). The molecule has 2 aromatic heterocycles. The highest BCUT2D eigenvalue weighted by Gasteiger charge is 2.30. The number of pyridine rings is 1. The number of anilines is 1. The fraction of sp³-hybridized carbons (Fsp3) is 0.321. The summed E-state index contributed by atoms with van der Waals surface area (Å²) in [6.45, 7) is 3.45. The van der Waals surface area contributed by atoms with E-state index >= 15 is 0 Å². The average Bonchev–Trinajstić information content (AvgIpc) is 3.41. The summed E-state index contributed by atoms with van der Waals surface area (Å²) in [5.74, 6) is 0.00205. The third-order valence-corrected chi connectivity index (χ3v) is 7.21. The Bertz CT molecular complexity index is 1300. The second-order valence-corrected chi connectivity index (χ2v) is 9.66. The van der Waals surface area contributed by atoms with Gasteiger partial charge in [-0.05, 0) is 42.6 Å². The molecule has 186 valence electrons. The molecule has 0 saturated carbocycles. The summed E-state index contributed by atoms with van der Waals surface area (Å²) in [6, 6.07) is 18.0. The van der Waals surface area contributed by atoms with Crippen molar-refractivity contribution >= 4 is 34.2 Å². The lowest BCUT2D eigenvalue weighted by atomic mass is 9.91. The molecule has 8 heteroatoms. The number of amides is 1. The second-order valence-electron chi connectivity index (χ2n) is 9.22. The first-order chi connectivity index (χ1) is 17.7. The van der Waals surface area contributed by atoms with Crippen LogP contribution in [0, 0.1) is 0 Å². The smallest absolute Gasteiger partial charge is 0.230 e. The summed E-state index contributed by atoms with van der Waals surface area (Å²) in [6.07, 6.45) is 6.38. The van der Waals surface area contributed by atoms with Gasteiger partial charge in [0.05, 0.1) is 23.2 Å². The number of benzene rings is 2. The molecule has 0 radical (unpaired) electrons. The van der Waals surface area contributed by atoms with E-state index in [9.17, 15) is 4.79 Å². The summed E-state index contributed by atoms with van der Waals surface area (Å²) in [7, 11) is 0. The quantitative estimate of drug-likeness (QED) is 0.336. The van der Waals surface area contributed by atoms with E-state index in [0.29, 0.717) is 24.7 Å². The van der Waals surface area contributed by atoms with Crippen molar-refractivity contribution in [1.29, 1.82) is 0 Å². The van der Waals surface area contributed by atoms with Gasteiger partial charge in [0, 0.05) is 43.0 Å². The summed E-state index contributed by atoms with van der Waals surface area (Å²) >= 11 is 6.11. The van der Waals surface area contributed by atoms with Gasteiger partial charge < -0.3 is 15.5 Å². The number of hydrogen-bond donors (Lipinski definition) is 2. The van der Waals surface area contributed by atoms with Crippen LogP contribution in [-0.4, -0.2) is 58.7 Å². The van der Waals surface area contributed by atoms with Crippen LogP contribution in [0.2, 0.25) is 5.02 Å². The molecule has 4 aromatic rings. The van der Waals surface area contributed by atoms with Crippen LogP contribution in [0.4, 0.5) is 5.69 Å². The minimum absolute atomic E-state index is 0.179. The number of carbonyl (C=O) groups is 1. The van der Waals surface area contributed by atoms with Crippen LogP contribution in [0.3, 0.4) is 0 Å². The van der Waals surface area contributed by atoms with Crippen LogP contribution in [0.15, 0.2) is 67.0 Å². The lowest BCUT2D eigenvalue weighted by molar-refractivity contribution is -0.133. The van der Waals surface area contributed by atoms with Gasteiger partial charge in [0.2, 0.25) is 5.91 Å². The number of rotatable bonds is 8. The van der Waals surface area contributed by atoms with Crippen molar-refractivity contribution in [3.8, 4) is 11.1 Å². The van der Waals surface area contributed by atoms with Gasteiger partial charge >= 0.3 is 0 Å². The highest BCUT2D eigenvalue weighted by atomic mass is 35.5. The van der Waals surface area contributed by atoms with Gasteiger partial charge in [-0.3, -0.25) is 9.89 Å². The van der Waals surface area contributed by atoms with Gasteiger partial charge in [-0.25, -0.2) is 4.98 Å². The summed E-state index contributed by atoms with van der Waals surface area (Å²) in [4.78, 5) is 22.7. The van der Waals surface area contributed by atoms with Crippen molar-refractivity contribution in [2.24, 2.45) is 5.73 Å². The number of carbonyl (C=O) groups excluding carboxylic acids is 1. The lowest BCUT2D eigenvalue weighted by Gasteiger charge is -2.38. The first-order valence-corrected chi connectivity index (χ1v) is 12.9. The Labute approximate surface area is 216 Å².